The predicted molar refractivity (Wildman–Crippen MR) is 123 cm³/mol. The minimum Gasteiger partial charge on any atom is -0.356 e. The van der Waals surface area contributed by atoms with Gasteiger partial charge in [0, 0.05) is 37.3 Å². The lowest BCUT2D eigenvalue weighted by Crippen LogP contribution is -2.37. The van der Waals surface area contributed by atoms with E-state index in [1.165, 1.54) is 0 Å². The third-order valence-corrected chi connectivity index (χ3v) is 4.25. The van der Waals surface area contributed by atoms with Crippen molar-refractivity contribution in [3.8, 4) is 0 Å². The first kappa shape index (κ1) is 23.2. The van der Waals surface area contributed by atoms with Crippen LogP contribution in [-0.4, -0.2) is 32.0 Å². The highest BCUT2D eigenvalue weighted by molar-refractivity contribution is 14.0. The molecule has 0 fully saturated rings. The van der Waals surface area contributed by atoms with E-state index in [4.69, 9.17) is 11.6 Å². The Balaban J connectivity index is 0.00000364. The molecule has 5 nitrogen and oxygen atoms in total. The Kier molecular flexibility index (Phi) is 10.8. The summed E-state index contributed by atoms with van der Waals surface area (Å²) in [5.74, 6) is 0.675. The van der Waals surface area contributed by atoms with Crippen LogP contribution in [0.3, 0.4) is 0 Å². The SMILES string of the molecule is CCNC(=O)c1ccc(CNC(=NC)NCCc2ccccc2Cl)cc1.I. The Hall–Kier alpha value is -1.80. The molecular formula is C20H26ClIN4O. The Morgan fingerprint density at radius 2 is 1.74 bits per heavy atom. The van der Waals surface area contributed by atoms with Gasteiger partial charge in [-0.05, 0) is 42.7 Å². The maximum Gasteiger partial charge on any atom is 0.251 e. The molecule has 0 aromatic heterocycles. The molecule has 0 unspecified atom stereocenters. The van der Waals surface area contributed by atoms with E-state index in [-0.39, 0.29) is 29.9 Å². The first-order chi connectivity index (χ1) is 12.6. The molecule has 0 saturated carbocycles. The van der Waals surface area contributed by atoms with Gasteiger partial charge in [0.1, 0.15) is 0 Å². The van der Waals surface area contributed by atoms with Gasteiger partial charge in [-0.1, -0.05) is 41.9 Å². The Morgan fingerprint density at radius 1 is 1.04 bits per heavy atom. The first-order valence-corrected chi connectivity index (χ1v) is 9.07. The summed E-state index contributed by atoms with van der Waals surface area (Å²) in [7, 11) is 1.74. The van der Waals surface area contributed by atoms with Gasteiger partial charge < -0.3 is 16.0 Å². The molecule has 1 amide bonds. The van der Waals surface area contributed by atoms with Crippen molar-refractivity contribution in [3.63, 3.8) is 0 Å². The number of nitrogens with one attached hydrogen (secondary N) is 3. The molecule has 146 valence electrons. The van der Waals surface area contributed by atoms with Gasteiger partial charge in [0.25, 0.3) is 5.91 Å². The number of rotatable bonds is 7. The van der Waals surface area contributed by atoms with E-state index in [9.17, 15) is 4.79 Å². The normalized spacial score (nSPS) is 10.7. The smallest absolute Gasteiger partial charge is 0.251 e. The molecule has 0 radical (unpaired) electrons. The Morgan fingerprint density at radius 3 is 2.37 bits per heavy atom. The van der Waals surface area contributed by atoms with Crippen LogP contribution in [-0.2, 0) is 13.0 Å². The van der Waals surface area contributed by atoms with E-state index in [1.807, 2.05) is 55.5 Å². The minimum atomic E-state index is -0.0518. The number of hydrogen-bond donors (Lipinski definition) is 3. The van der Waals surface area contributed by atoms with Crippen LogP contribution in [0.1, 0.15) is 28.4 Å². The molecule has 0 atom stereocenters. The van der Waals surface area contributed by atoms with Gasteiger partial charge in [0.2, 0.25) is 0 Å². The van der Waals surface area contributed by atoms with Crippen molar-refractivity contribution in [1.82, 2.24) is 16.0 Å². The monoisotopic (exact) mass is 500 g/mol. The van der Waals surface area contributed by atoms with Crippen molar-refractivity contribution < 1.29 is 4.79 Å². The number of amides is 1. The largest absolute Gasteiger partial charge is 0.356 e. The van der Waals surface area contributed by atoms with Gasteiger partial charge in [-0.15, -0.1) is 24.0 Å². The average molecular weight is 501 g/mol. The molecule has 2 aromatic rings. The zero-order chi connectivity index (χ0) is 18.8. The molecule has 2 rings (SSSR count). The van der Waals surface area contributed by atoms with Gasteiger partial charge in [-0.2, -0.15) is 0 Å². The fraction of sp³-hybridized carbons (Fsp3) is 0.300. The van der Waals surface area contributed by atoms with Crippen LogP contribution in [0.4, 0.5) is 0 Å². The molecule has 0 heterocycles. The van der Waals surface area contributed by atoms with Crippen molar-refractivity contribution >= 4 is 47.4 Å². The van der Waals surface area contributed by atoms with E-state index < -0.39 is 0 Å². The second-order valence-corrected chi connectivity index (χ2v) is 6.16. The van der Waals surface area contributed by atoms with Crippen LogP contribution < -0.4 is 16.0 Å². The third-order valence-electron chi connectivity index (χ3n) is 3.88. The molecule has 0 aliphatic rings. The van der Waals surface area contributed by atoms with Gasteiger partial charge >= 0.3 is 0 Å². The highest BCUT2D eigenvalue weighted by Gasteiger charge is 2.04. The summed E-state index contributed by atoms with van der Waals surface area (Å²) < 4.78 is 0. The van der Waals surface area contributed by atoms with E-state index in [2.05, 4.69) is 20.9 Å². The number of hydrogen-bond acceptors (Lipinski definition) is 2. The van der Waals surface area contributed by atoms with Crippen LogP contribution >= 0.6 is 35.6 Å². The zero-order valence-corrected chi connectivity index (χ0v) is 18.7. The maximum atomic E-state index is 11.8. The average Bonchev–Trinajstić information content (AvgIpc) is 2.66. The second kappa shape index (κ2) is 12.6. The van der Waals surface area contributed by atoms with E-state index in [0.29, 0.717) is 18.7 Å². The fourth-order valence-electron chi connectivity index (χ4n) is 2.46. The topological polar surface area (TPSA) is 65.5 Å². The Labute approximate surface area is 183 Å². The number of aliphatic imine (C=N–C) groups is 1. The van der Waals surface area contributed by atoms with Crippen LogP contribution in [0, 0.1) is 0 Å². The molecular weight excluding hydrogens is 475 g/mol. The number of halogens is 2. The molecule has 0 saturated heterocycles. The second-order valence-electron chi connectivity index (χ2n) is 5.75. The summed E-state index contributed by atoms with van der Waals surface area (Å²) in [6.45, 7) is 3.89. The molecule has 0 aliphatic carbocycles. The number of carbonyl (C=O) groups excluding carboxylic acids is 1. The summed E-state index contributed by atoms with van der Waals surface area (Å²) in [6.07, 6.45) is 0.821. The summed E-state index contributed by atoms with van der Waals surface area (Å²) in [5.41, 5.74) is 2.85. The molecule has 3 N–H and O–H groups in total. The molecule has 7 heteroatoms. The third kappa shape index (κ3) is 7.76. The van der Waals surface area contributed by atoms with Gasteiger partial charge in [-0.25, -0.2) is 0 Å². The lowest BCUT2D eigenvalue weighted by atomic mass is 10.1. The van der Waals surface area contributed by atoms with E-state index >= 15 is 0 Å². The summed E-state index contributed by atoms with van der Waals surface area (Å²) in [4.78, 5) is 16.0. The lowest BCUT2D eigenvalue weighted by molar-refractivity contribution is 0.0956. The fourth-order valence-corrected chi connectivity index (χ4v) is 2.69. The summed E-state index contributed by atoms with van der Waals surface area (Å²) in [6, 6.07) is 15.4. The standard InChI is InChI=1S/C20H25ClN4O.HI/c1-3-23-19(26)17-10-8-15(9-11-17)14-25-20(22-2)24-13-12-16-6-4-5-7-18(16)21;/h4-11H,3,12-14H2,1-2H3,(H,23,26)(H2,22,24,25);1H. The Bertz CT molecular complexity index is 750. The molecule has 0 aliphatic heterocycles. The number of guanidine groups is 1. The molecule has 0 spiro atoms. The molecule has 0 bridgehead atoms. The van der Waals surface area contributed by atoms with Crippen LogP contribution in [0.5, 0.6) is 0 Å². The van der Waals surface area contributed by atoms with Crippen molar-refractivity contribution in [2.75, 3.05) is 20.1 Å². The predicted octanol–water partition coefficient (Wildman–Crippen LogP) is 3.62. The minimum absolute atomic E-state index is 0. The maximum absolute atomic E-state index is 11.8. The van der Waals surface area contributed by atoms with Crippen LogP contribution in [0.2, 0.25) is 5.02 Å². The van der Waals surface area contributed by atoms with Gasteiger partial charge in [0.15, 0.2) is 5.96 Å². The van der Waals surface area contributed by atoms with E-state index in [0.717, 1.165) is 35.1 Å². The summed E-state index contributed by atoms with van der Waals surface area (Å²) >= 11 is 6.17. The molecule has 27 heavy (non-hydrogen) atoms. The van der Waals surface area contributed by atoms with Crippen molar-refractivity contribution in [2.24, 2.45) is 4.99 Å². The number of carbonyl (C=O) groups is 1. The quantitative estimate of drug-likeness (QED) is 0.309. The van der Waals surface area contributed by atoms with Crippen molar-refractivity contribution in [2.45, 2.75) is 19.9 Å². The van der Waals surface area contributed by atoms with Crippen LogP contribution in [0.25, 0.3) is 0 Å². The van der Waals surface area contributed by atoms with Crippen molar-refractivity contribution in [1.29, 1.82) is 0 Å². The highest BCUT2D eigenvalue weighted by Crippen LogP contribution is 2.14. The van der Waals surface area contributed by atoms with E-state index in [1.54, 1.807) is 7.05 Å². The molecule has 2 aromatic carbocycles. The zero-order valence-electron chi connectivity index (χ0n) is 15.6. The van der Waals surface area contributed by atoms with Gasteiger partial charge in [0.05, 0.1) is 0 Å². The number of nitrogens with zero attached hydrogens (tertiary/aromatic N) is 1. The summed E-state index contributed by atoms with van der Waals surface area (Å²) in [5, 5.41) is 10.1. The first-order valence-electron chi connectivity index (χ1n) is 8.69. The van der Waals surface area contributed by atoms with Crippen molar-refractivity contribution in [3.05, 3.63) is 70.2 Å². The van der Waals surface area contributed by atoms with Crippen LogP contribution in [0.15, 0.2) is 53.5 Å². The van der Waals surface area contributed by atoms with Gasteiger partial charge in [-0.3, -0.25) is 9.79 Å². The highest BCUT2D eigenvalue weighted by atomic mass is 127. The lowest BCUT2D eigenvalue weighted by Gasteiger charge is -2.12. The number of benzene rings is 2.